The molecule has 0 bridgehead atoms. The minimum absolute atomic E-state index is 0.0291. The van der Waals surface area contributed by atoms with Crippen molar-refractivity contribution in [3.63, 3.8) is 0 Å². The molecule has 7 heteroatoms. The molecular weight excluding hydrogens is 367 g/mol. The Hall–Kier alpha value is -1.57. The molecule has 6 nitrogen and oxygen atoms in total. The second kappa shape index (κ2) is 10.5. The summed E-state index contributed by atoms with van der Waals surface area (Å²) in [5.41, 5.74) is 7.08. The maximum absolute atomic E-state index is 11.9. The van der Waals surface area contributed by atoms with Crippen molar-refractivity contribution < 1.29 is 20.1 Å². The number of carbonyl (C=O) groups is 1. The highest BCUT2D eigenvalue weighted by Gasteiger charge is 2.40. The van der Waals surface area contributed by atoms with Crippen molar-refractivity contribution >= 4 is 13.8 Å². The predicted octanol–water partition coefficient (Wildman–Crippen LogP) is 2.46. The second-order valence-corrected chi connectivity index (χ2v) is 8.82. The molecule has 0 aromatic heterocycles. The molecule has 3 atom stereocenters. The van der Waals surface area contributed by atoms with Crippen LogP contribution in [-0.2, 0) is 17.8 Å². The van der Waals surface area contributed by atoms with E-state index in [1.807, 2.05) is 12.1 Å². The Kier molecular flexibility index (Phi) is 8.55. The average molecular weight is 402 g/mol. The number of hydrogen-bond acceptors (Lipinski definition) is 5. The number of aliphatic hydroxyl groups is 1. The summed E-state index contributed by atoms with van der Waals surface area (Å²) in [6.45, 7) is 6.00. The van der Waals surface area contributed by atoms with Crippen LogP contribution in [0.25, 0.3) is 0 Å². The molecule has 29 heavy (non-hydrogen) atoms. The first-order valence-corrected chi connectivity index (χ1v) is 10.6. The zero-order chi connectivity index (χ0) is 21.6. The molecule has 2 rings (SSSR count). The van der Waals surface area contributed by atoms with E-state index in [1.165, 1.54) is 5.56 Å². The van der Waals surface area contributed by atoms with E-state index < -0.39 is 17.3 Å². The van der Waals surface area contributed by atoms with E-state index in [9.17, 15) is 15.0 Å². The van der Waals surface area contributed by atoms with Gasteiger partial charge in [0.2, 0.25) is 0 Å². The molecule has 3 unspecified atom stereocenters. The summed E-state index contributed by atoms with van der Waals surface area (Å²) in [5.74, 6) is -0.949. The largest absolute Gasteiger partial charge is 0.508 e. The Morgan fingerprint density at radius 2 is 2.07 bits per heavy atom. The van der Waals surface area contributed by atoms with Crippen molar-refractivity contribution in [2.45, 2.75) is 76.3 Å². The van der Waals surface area contributed by atoms with Crippen LogP contribution in [0.3, 0.4) is 0 Å². The highest BCUT2D eigenvalue weighted by atomic mass is 16.4. The molecule has 0 saturated carbocycles. The van der Waals surface area contributed by atoms with Gasteiger partial charge in [-0.25, -0.2) is 0 Å². The van der Waals surface area contributed by atoms with Gasteiger partial charge < -0.3 is 21.1 Å². The normalized spacial score (nSPS) is 20.2. The van der Waals surface area contributed by atoms with Crippen LogP contribution in [-0.4, -0.2) is 58.8 Å². The van der Waals surface area contributed by atoms with Crippen LogP contribution in [0, 0.1) is 5.92 Å². The summed E-state index contributed by atoms with van der Waals surface area (Å²) in [6, 6.07) is 5.66. The molecule has 0 fully saturated rings. The average Bonchev–Trinajstić information content (AvgIpc) is 2.67. The number of rotatable bonds is 11. The van der Waals surface area contributed by atoms with Gasteiger partial charge in [0.15, 0.2) is 0 Å². The van der Waals surface area contributed by atoms with Gasteiger partial charge in [-0.3, -0.25) is 9.69 Å². The van der Waals surface area contributed by atoms with Gasteiger partial charge in [-0.2, -0.15) is 0 Å². The first-order valence-electron chi connectivity index (χ1n) is 10.6. The smallest absolute Gasteiger partial charge is 0.323 e. The predicted molar refractivity (Wildman–Crippen MR) is 115 cm³/mol. The number of nitrogens with two attached hydrogens (primary N) is 1. The van der Waals surface area contributed by atoms with Crippen molar-refractivity contribution in [1.82, 2.24) is 4.90 Å². The standard InChI is InChI=1S/C22H35BN2O4/c1-15(2)8-10-25-14-17-13-19(27)6-5-16(17)12-18(25)7-9-22(24,21(28)29)20(23)4-3-11-26/h5-6,13,15,18,20,26-27H,3-4,7-12,14,24H2,1-2H3,(H,28,29). The molecule has 160 valence electrons. The number of aliphatic carboxylic acids is 1. The summed E-state index contributed by atoms with van der Waals surface area (Å²) < 4.78 is 0. The lowest BCUT2D eigenvalue weighted by atomic mass is 9.66. The molecule has 1 aromatic rings. The van der Waals surface area contributed by atoms with Gasteiger partial charge in [-0.15, -0.1) is 0 Å². The Balaban J connectivity index is 2.15. The molecular formula is C22H35BN2O4. The molecule has 1 aliphatic heterocycles. The topological polar surface area (TPSA) is 107 Å². The molecule has 0 aliphatic carbocycles. The molecule has 0 saturated heterocycles. The van der Waals surface area contributed by atoms with Crippen molar-refractivity contribution in [1.29, 1.82) is 0 Å². The zero-order valence-corrected chi connectivity index (χ0v) is 17.7. The number of aliphatic hydroxyl groups excluding tert-OH is 1. The quantitative estimate of drug-likeness (QED) is 0.424. The van der Waals surface area contributed by atoms with Gasteiger partial charge in [0.1, 0.15) is 11.3 Å². The summed E-state index contributed by atoms with van der Waals surface area (Å²) in [5, 5.41) is 28.6. The lowest BCUT2D eigenvalue weighted by molar-refractivity contribution is -0.144. The van der Waals surface area contributed by atoms with Crippen LogP contribution in [0.5, 0.6) is 5.75 Å². The lowest BCUT2D eigenvalue weighted by Gasteiger charge is -2.40. The van der Waals surface area contributed by atoms with Crippen LogP contribution >= 0.6 is 0 Å². The van der Waals surface area contributed by atoms with E-state index in [2.05, 4.69) is 18.7 Å². The molecule has 2 radical (unpaired) electrons. The van der Waals surface area contributed by atoms with Crippen molar-refractivity contribution in [2.24, 2.45) is 11.7 Å². The van der Waals surface area contributed by atoms with Crippen LogP contribution in [0.2, 0.25) is 5.82 Å². The third-order valence-electron chi connectivity index (χ3n) is 6.15. The number of phenols is 1. The van der Waals surface area contributed by atoms with Crippen LogP contribution in [0.4, 0.5) is 0 Å². The Morgan fingerprint density at radius 3 is 2.69 bits per heavy atom. The molecule has 0 spiro atoms. The van der Waals surface area contributed by atoms with Crippen LogP contribution in [0.1, 0.15) is 57.1 Å². The number of carboxylic acids is 1. The van der Waals surface area contributed by atoms with Crippen LogP contribution < -0.4 is 5.73 Å². The number of aromatic hydroxyl groups is 1. The minimum atomic E-state index is -1.51. The zero-order valence-electron chi connectivity index (χ0n) is 17.7. The summed E-state index contributed by atoms with van der Waals surface area (Å²) >= 11 is 0. The molecule has 1 heterocycles. The second-order valence-electron chi connectivity index (χ2n) is 8.82. The monoisotopic (exact) mass is 402 g/mol. The van der Waals surface area contributed by atoms with E-state index in [-0.39, 0.29) is 24.8 Å². The Labute approximate surface area is 175 Å². The number of fused-ring (bicyclic) bond motifs is 1. The van der Waals surface area contributed by atoms with E-state index in [4.69, 9.17) is 18.7 Å². The Bertz CT molecular complexity index is 685. The Morgan fingerprint density at radius 1 is 1.34 bits per heavy atom. The lowest BCUT2D eigenvalue weighted by Crippen LogP contribution is -2.53. The first kappa shape index (κ1) is 23.7. The van der Waals surface area contributed by atoms with Gasteiger partial charge >= 0.3 is 5.97 Å². The summed E-state index contributed by atoms with van der Waals surface area (Å²) in [4.78, 5) is 14.3. The van der Waals surface area contributed by atoms with Crippen LogP contribution in [0.15, 0.2) is 18.2 Å². The van der Waals surface area contributed by atoms with Gasteiger partial charge in [-0.1, -0.05) is 26.3 Å². The highest BCUT2D eigenvalue weighted by molar-refractivity contribution is 6.15. The third-order valence-corrected chi connectivity index (χ3v) is 6.15. The third kappa shape index (κ3) is 6.20. The summed E-state index contributed by atoms with van der Waals surface area (Å²) in [6.07, 6.45) is 3.58. The molecule has 1 aliphatic rings. The first-order chi connectivity index (χ1) is 13.7. The maximum atomic E-state index is 11.9. The van der Waals surface area contributed by atoms with Crippen molar-refractivity contribution in [3.8, 4) is 5.75 Å². The molecule has 0 amide bonds. The number of phenolic OH excluding ortho intramolecular Hbond substituents is 1. The fraction of sp³-hybridized carbons (Fsp3) is 0.682. The molecule has 5 N–H and O–H groups in total. The van der Waals surface area contributed by atoms with Gasteiger partial charge in [0.25, 0.3) is 0 Å². The summed E-state index contributed by atoms with van der Waals surface area (Å²) in [7, 11) is 6.12. The number of nitrogens with zero attached hydrogens (tertiary/aromatic N) is 1. The maximum Gasteiger partial charge on any atom is 0.323 e. The number of benzene rings is 1. The minimum Gasteiger partial charge on any atom is -0.508 e. The number of carboxylic acid groups (broad SMARTS) is 1. The van der Waals surface area contributed by atoms with E-state index in [0.717, 1.165) is 31.5 Å². The number of hydrogen-bond donors (Lipinski definition) is 4. The SMILES string of the molecule is [B]C(CCCO)C(N)(CCC1Cc2ccc(O)cc2CN1CCC(C)C)C(=O)O. The van der Waals surface area contributed by atoms with Gasteiger partial charge in [0.05, 0.1) is 7.85 Å². The fourth-order valence-corrected chi connectivity index (χ4v) is 4.08. The van der Waals surface area contributed by atoms with Gasteiger partial charge in [-0.05, 0) is 73.6 Å². The van der Waals surface area contributed by atoms with Crippen molar-refractivity contribution in [3.05, 3.63) is 29.3 Å². The van der Waals surface area contributed by atoms with E-state index in [0.29, 0.717) is 25.2 Å². The van der Waals surface area contributed by atoms with Crippen molar-refractivity contribution in [2.75, 3.05) is 13.2 Å². The van der Waals surface area contributed by atoms with E-state index >= 15 is 0 Å². The highest BCUT2D eigenvalue weighted by Crippen LogP contribution is 2.33. The van der Waals surface area contributed by atoms with E-state index in [1.54, 1.807) is 6.07 Å². The van der Waals surface area contributed by atoms with Gasteiger partial charge in [0, 0.05) is 19.2 Å². The molecule has 1 aromatic carbocycles. The fourth-order valence-electron chi connectivity index (χ4n) is 4.08.